The van der Waals surface area contributed by atoms with Crippen LogP contribution in [-0.4, -0.2) is 6.04 Å². The summed E-state index contributed by atoms with van der Waals surface area (Å²) in [6, 6.07) is 3.98. The summed E-state index contributed by atoms with van der Waals surface area (Å²) in [5, 5.41) is 3.47. The molecule has 1 aromatic carbocycles. The van der Waals surface area contributed by atoms with Gasteiger partial charge in [0.25, 0.3) is 0 Å². The predicted molar refractivity (Wildman–Crippen MR) is 64.7 cm³/mol. The second-order valence-corrected chi connectivity index (χ2v) is 5.31. The van der Waals surface area contributed by atoms with Crippen molar-refractivity contribution in [2.75, 3.05) is 5.32 Å². The molecular formula is C12H15BrFN. The third-order valence-electron chi connectivity index (χ3n) is 3.02. The van der Waals surface area contributed by atoms with Crippen LogP contribution in [0, 0.1) is 11.7 Å². The third kappa shape index (κ3) is 2.17. The Kier molecular flexibility index (Phi) is 3.01. The van der Waals surface area contributed by atoms with E-state index in [1.807, 2.05) is 6.07 Å². The van der Waals surface area contributed by atoms with Gasteiger partial charge in [0.15, 0.2) is 0 Å². The van der Waals surface area contributed by atoms with Crippen LogP contribution in [0.3, 0.4) is 0 Å². The number of benzene rings is 1. The molecule has 0 saturated carbocycles. The minimum absolute atomic E-state index is 0.168. The first-order valence-electron chi connectivity index (χ1n) is 5.32. The summed E-state index contributed by atoms with van der Waals surface area (Å²) in [6.07, 6.45) is 2.06. The quantitative estimate of drug-likeness (QED) is 0.815. The Balaban J connectivity index is 2.30. The third-order valence-corrected chi connectivity index (χ3v) is 3.62. The van der Waals surface area contributed by atoms with Crippen LogP contribution in [0.2, 0.25) is 0 Å². The van der Waals surface area contributed by atoms with E-state index in [4.69, 9.17) is 0 Å². The lowest BCUT2D eigenvalue weighted by Crippen LogP contribution is -2.30. The average Bonchev–Trinajstić information content (AvgIpc) is 2.19. The van der Waals surface area contributed by atoms with E-state index in [9.17, 15) is 4.39 Å². The van der Waals surface area contributed by atoms with Gasteiger partial charge < -0.3 is 5.32 Å². The molecular weight excluding hydrogens is 257 g/mol. The normalized spacial score (nSPS) is 19.9. The lowest BCUT2D eigenvalue weighted by molar-refractivity contribution is 0.481. The SMILES string of the molecule is CC(C)C1CCc2cc(F)c(Br)cc2N1. The molecule has 1 atom stereocenters. The Hall–Kier alpha value is -0.570. The molecule has 1 heterocycles. The molecule has 3 heteroatoms. The standard InChI is InChI=1S/C12H15BrFN/c1-7(2)11-4-3-8-5-10(14)9(13)6-12(8)15-11/h5-7,11,15H,3-4H2,1-2H3. The Labute approximate surface area is 98.2 Å². The number of fused-ring (bicyclic) bond motifs is 1. The fraction of sp³-hybridized carbons (Fsp3) is 0.500. The van der Waals surface area contributed by atoms with Crippen LogP contribution in [0.25, 0.3) is 0 Å². The van der Waals surface area contributed by atoms with Crippen molar-refractivity contribution in [3.63, 3.8) is 0 Å². The summed E-state index contributed by atoms with van der Waals surface area (Å²) in [7, 11) is 0. The monoisotopic (exact) mass is 271 g/mol. The highest BCUT2D eigenvalue weighted by Crippen LogP contribution is 2.31. The Morgan fingerprint density at radius 3 is 2.87 bits per heavy atom. The Bertz CT molecular complexity index is 376. The van der Waals surface area contributed by atoms with E-state index in [1.165, 1.54) is 0 Å². The second kappa shape index (κ2) is 4.12. The van der Waals surface area contributed by atoms with Crippen molar-refractivity contribution >= 4 is 21.6 Å². The average molecular weight is 272 g/mol. The minimum atomic E-state index is -0.168. The largest absolute Gasteiger partial charge is 0.382 e. The maximum Gasteiger partial charge on any atom is 0.137 e. The van der Waals surface area contributed by atoms with Crippen molar-refractivity contribution < 1.29 is 4.39 Å². The lowest BCUT2D eigenvalue weighted by atomic mass is 9.91. The van der Waals surface area contributed by atoms with E-state index in [-0.39, 0.29) is 5.82 Å². The summed E-state index contributed by atoms with van der Waals surface area (Å²) in [5.74, 6) is 0.445. The summed E-state index contributed by atoms with van der Waals surface area (Å²) in [6.45, 7) is 4.42. The van der Waals surface area contributed by atoms with Crippen molar-refractivity contribution in [1.82, 2.24) is 0 Å². The number of aryl methyl sites for hydroxylation is 1. The van der Waals surface area contributed by atoms with Crippen LogP contribution in [-0.2, 0) is 6.42 Å². The zero-order chi connectivity index (χ0) is 11.0. The molecule has 1 aromatic rings. The van der Waals surface area contributed by atoms with Crippen LogP contribution >= 0.6 is 15.9 Å². The fourth-order valence-electron chi connectivity index (χ4n) is 2.01. The Morgan fingerprint density at radius 1 is 1.47 bits per heavy atom. The molecule has 0 spiro atoms. The van der Waals surface area contributed by atoms with Gasteiger partial charge in [-0.2, -0.15) is 0 Å². The predicted octanol–water partition coefficient (Wildman–Crippen LogP) is 3.97. The van der Waals surface area contributed by atoms with Gasteiger partial charge in [0, 0.05) is 11.7 Å². The van der Waals surface area contributed by atoms with Gasteiger partial charge in [-0.15, -0.1) is 0 Å². The maximum atomic E-state index is 13.3. The van der Waals surface area contributed by atoms with Gasteiger partial charge >= 0.3 is 0 Å². The van der Waals surface area contributed by atoms with Crippen LogP contribution in [0.4, 0.5) is 10.1 Å². The van der Waals surface area contributed by atoms with Crippen LogP contribution in [0.15, 0.2) is 16.6 Å². The molecule has 0 amide bonds. The first kappa shape index (κ1) is 10.9. The molecule has 82 valence electrons. The first-order valence-corrected chi connectivity index (χ1v) is 6.11. The summed E-state index contributed by atoms with van der Waals surface area (Å²) in [5.41, 5.74) is 2.17. The molecule has 2 rings (SSSR count). The first-order chi connectivity index (χ1) is 7.08. The van der Waals surface area contributed by atoms with Crippen LogP contribution in [0.1, 0.15) is 25.8 Å². The topological polar surface area (TPSA) is 12.0 Å². The summed E-state index contributed by atoms with van der Waals surface area (Å²) < 4.78 is 13.8. The van der Waals surface area contributed by atoms with E-state index >= 15 is 0 Å². The molecule has 0 saturated heterocycles. The number of rotatable bonds is 1. The number of hydrogen-bond acceptors (Lipinski definition) is 1. The number of nitrogens with one attached hydrogen (secondary N) is 1. The van der Waals surface area contributed by atoms with E-state index < -0.39 is 0 Å². The minimum Gasteiger partial charge on any atom is -0.382 e. The Morgan fingerprint density at radius 2 is 2.20 bits per heavy atom. The molecule has 1 N–H and O–H groups in total. The summed E-state index contributed by atoms with van der Waals surface area (Å²) >= 11 is 3.22. The highest BCUT2D eigenvalue weighted by atomic mass is 79.9. The molecule has 0 fully saturated rings. The highest BCUT2D eigenvalue weighted by molar-refractivity contribution is 9.10. The van der Waals surface area contributed by atoms with Crippen molar-refractivity contribution in [3.8, 4) is 0 Å². The highest BCUT2D eigenvalue weighted by Gasteiger charge is 2.21. The molecule has 0 radical (unpaired) electrons. The van der Waals surface area contributed by atoms with Crippen LogP contribution < -0.4 is 5.32 Å². The molecule has 0 aliphatic carbocycles. The van der Waals surface area contributed by atoms with E-state index in [0.29, 0.717) is 16.4 Å². The summed E-state index contributed by atoms with van der Waals surface area (Å²) in [4.78, 5) is 0. The van der Waals surface area contributed by atoms with E-state index in [1.54, 1.807) is 6.07 Å². The molecule has 1 aliphatic heterocycles. The van der Waals surface area contributed by atoms with Gasteiger partial charge in [0.05, 0.1) is 4.47 Å². The van der Waals surface area contributed by atoms with E-state index in [2.05, 4.69) is 35.1 Å². The molecule has 1 aliphatic rings. The fourth-order valence-corrected chi connectivity index (χ4v) is 2.36. The molecule has 0 bridgehead atoms. The number of hydrogen-bond donors (Lipinski definition) is 1. The second-order valence-electron chi connectivity index (χ2n) is 4.46. The van der Waals surface area contributed by atoms with Crippen molar-refractivity contribution in [3.05, 3.63) is 28.0 Å². The lowest BCUT2D eigenvalue weighted by Gasteiger charge is -2.30. The molecule has 1 unspecified atom stereocenters. The van der Waals surface area contributed by atoms with Gasteiger partial charge in [-0.25, -0.2) is 4.39 Å². The molecule has 0 aromatic heterocycles. The van der Waals surface area contributed by atoms with Crippen LogP contribution in [0.5, 0.6) is 0 Å². The maximum absolute atomic E-state index is 13.3. The van der Waals surface area contributed by atoms with Gasteiger partial charge in [-0.05, 0) is 52.4 Å². The smallest absolute Gasteiger partial charge is 0.137 e. The number of anilines is 1. The molecule has 15 heavy (non-hydrogen) atoms. The number of halogens is 2. The van der Waals surface area contributed by atoms with Gasteiger partial charge in [-0.3, -0.25) is 0 Å². The zero-order valence-corrected chi connectivity index (χ0v) is 10.6. The van der Waals surface area contributed by atoms with Crippen molar-refractivity contribution in [1.29, 1.82) is 0 Å². The zero-order valence-electron chi connectivity index (χ0n) is 8.98. The van der Waals surface area contributed by atoms with Crippen molar-refractivity contribution in [2.24, 2.45) is 5.92 Å². The van der Waals surface area contributed by atoms with Gasteiger partial charge in [0.2, 0.25) is 0 Å². The van der Waals surface area contributed by atoms with E-state index in [0.717, 1.165) is 24.1 Å². The van der Waals surface area contributed by atoms with Gasteiger partial charge in [-0.1, -0.05) is 13.8 Å². The van der Waals surface area contributed by atoms with Gasteiger partial charge in [0.1, 0.15) is 5.82 Å². The molecule has 1 nitrogen and oxygen atoms in total. The van der Waals surface area contributed by atoms with Crippen molar-refractivity contribution in [2.45, 2.75) is 32.7 Å².